The number of carbonyl (C=O) groups excluding carboxylic acids is 2. The lowest BCUT2D eigenvalue weighted by Gasteiger charge is -2.16. The molecule has 0 spiro atoms. The number of anilines is 1. The fourth-order valence-corrected chi connectivity index (χ4v) is 2.18. The van der Waals surface area contributed by atoms with Crippen LogP contribution in [0.15, 0.2) is 18.2 Å². The number of nitrogens with two attached hydrogens (primary N) is 1. The van der Waals surface area contributed by atoms with Gasteiger partial charge >= 0.3 is 0 Å². The number of carboxylic acids is 1. The molecule has 0 bridgehead atoms. The van der Waals surface area contributed by atoms with Crippen molar-refractivity contribution in [2.45, 2.75) is 32.7 Å². The van der Waals surface area contributed by atoms with Gasteiger partial charge in [0.05, 0.1) is 25.5 Å². The van der Waals surface area contributed by atoms with Gasteiger partial charge in [-0.2, -0.15) is 0 Å². The van der Waals surface area contributed by atoms with Crippen molar-refractivity contribution < 1.29 is 25.7 Å². The number of carbonyl (C=O) groups is 2. The number of quaternary nitrogens is 2. The van der Waals surface area contributed by atoms with Crippen LogP contribution < -0.4 is 21.5 Å². The minimum Gasteiger partial charge on any atom is -0.544 e. The number of aryl methyl sites for hydroxylation is 2. The monoisotopic (exact) mass is 294 g/mol. The fraction of sp³-hybridized carbons (Fsp3) is 0.467. The molecule has 116 valence electrons. The van der Waals surface area contributed by atoms with Crippen molar-refractivity contribution in [1.29, 1.82) is 0 Å². The molecule has 0 aliphatic heterocycles. The Hall–Kier alpha value is -1.92. The van der Waals surface area contributed by atoms with E-state index < -0.39 is 12.0 Å². The summed E-state index contributed by atoms with van der Waals surface area (Å²) in [5.41, 5.74) is 6.48. The third-order valence-corrected chi connectivity index (χ3v) is 3.12. The van der Waals surface area contributed by atoms with Gasteiger partial charge in [-0.15, -0.1) is 0 Å². The summed E-state index contributed by atoms with van der Waals surface area (Å²) in [7, 11) is 0. The summed E-state index contributed by atoms with van der Waals surface area (Å²) in [6.45, 7) is 5.25. The van der Waals surface area contributed by atoms with Crippen LogP contribution in [0, 0.1) is 13.8 Å². The van der Waals surface area contributed by atoms with Crippen molar-refractivity contribution >= 4 is 17.6 Å². The Morgan fingerprint density at radius 1 is 1.29 bits per heavy atom. The van der Waals surface area contributed by atoms with E-state index in [2.05, 4.69) is 11.1 Å². The van der Waals surface area contributed by atoms with Crippen molar-refractivity contribution in [3.05, 3.63) is 29.3 Å². The summed E-state index contributed by atoms with van der Waals surface area (Å²) in [6, 6.07) is 4.85. The van der Waals surface area contributed by atoms with E-state index in [-0.39, 0.29) is 12.3 Å². The van der Waals surface area contributed by atoms with Gasteiger partial charge in [-0.25, -0.2) is 0 Å². The lowest BCUT2D eigenvalue weighted by molar-refractivity contribution is -0.684. The molecule has 6 heteroatoms. The Morgan fingerprint density at radius 2 is 1.90 bits per heavy atom. The summed E-state index contributed by atoms with van der Waals surface area (Å²) in [5.74, 6) is -1.53. The number of aliphatic carboxylic acids is 1. The smallest absolute Gasteiger partial charge is 0.230 e. The Labute approximate surface area is 124 Å². The molecule has 21 heavy (non-hydrogen) atoms. The van der Waals surface area contributed by atoms with Crippen LogP contribution in [0.3, 0.4) is 0 Å². The normalized spacial score (nSPS) is 12.0. The van der Waals surface area contributed by atoms with Crippen LogP contribution in [0.1, 0.15) is 24.0 Å². The zero-order valence-corrected chi connectivity index (χ0v) is 12.6. The van der Waals surface area contributed by atoms with Crippen LogP contribution in [-0.2, 0) is 9.59 Å². The van der Waals surface area contributed by atoms with E-state index in [0.717, 1.165) is 24.1 Å². The van der Waals surface area contributed by atoms with Gasteiger partial charge in [0, 0.05) is 12.1 Å². The number of benzene rings is 1. The maximum absolute atomic E-state index is 11.9. The van der Waals surface area contributed by atoms with Crippen LogP contribution in [0.2, 0.25) is 0 Å². The zero-order chi connectivity index (χ0) is 15.8. The molecule has 0 unspecified atom stereocenters. The van der Waals surface area contributed by atoms with Crippen LogP contribution >= 0.6 is 0 Å². The van der Waals surface area contributed by atoms with Gasteiger partial charge in [-0.1, -0.05) is 6.07 Å². The summed E-state index contributed by atoms with van der Waals surface area (Å²) >= 11 is 0. The number of nitrogens with one attached hydrogen (secondary N) is 1. The standard InChI is InChI=1S/C15H23N3O3/c1-10-6-11(2)8-12(7-10)18-14(19)9-13(15(20)21)17-5-3-4-16/h6-8,13,17H,3-5,9,16H2,1-2H3,(H,18,19)(H,20,21)/p+1/t13-/m0/s1. The molecule has 0 aliphatic rings. The van der Waals surface area contributed by atoms with E-state index in [1.807, 2.05) is 32.0 Å². The fourth-order valence-electron chi connectivity index (χ4n) is 2.18. The second-order valence-corrected chi connectivity index (χ2v) is 5.29. The number of carboxylic acid groups (broad SMARTS) is 1. The summed E-state index contributed by atoms with van der Waals surface area (Å²) in [6.07, 6.45) is 0.703. The predicted octanol–water partition coefficient (Wildman–Crippen LogP) is -2.05. The van der Waals surface area contributed by atoms with Gasteiger partial charge in [-0.05, 0) is 37.1 Å². The summed E-state index contributed by atoms with van der Waals surface area (Å²) < 4.78 is 0. The first-order valence-electron chi connectivity index (χ1n) is 7.14. The van der Waals surface area contributed by atoms with E-state index in [4.69, 9.17) is 0 Å². The van der Waals surface area contributed by atoms with Crippen molar-refractivity contribution in [3.8, 4) is 0 Å². The highest BCUT2D eigenvalue weighted by molar-refractivity contribution is 5.93. The SMILES string of the molecule is Cc1cc(C)cc(NC(=O)C[C@H]([NH2+]CCC[NH3+])C(=O)[O-])c1. The van der Waals surface area contributed by atoms with Crippen LogP contribution in [0.25, 0.3) is 0 Å². The molecule has 6 N–H and O–H groups in total. The third-order valence-electron chi connectivity index (χ3n) is 3.12. The second-order valence-electron chi connectivity index (χ2n) is 5.29. The molecule has 1 atom stereocenters. The van der Waals surface area contributed by atoms with E-state index in [1.165, 1.54) is 0 Å². The van der Waals surface area contributed by atoms with Crippen LogP contribution in [0.4, 0.5) is 5.69 Å². The first kappa shape index (κ1) is 17.1. The molecular formula is C15H24N3O3+. The molecule has 1 aromatic carbocycles. The Kier molecular flexibility index (Phi) is 6.84. The molecule has 0 radical (unpaired) electrons. The van der Waals surface area contributed by atoms with Gasteiger partial charge in [-0.3, -0.25) is 4.79 Å². The van der Waals surface area contributed by atoms with Crippen molar-refractivity contribution in [2.75, 3.05) is 18.4 Å². The predicted molar refractivity (Wildman–Crippen MR) is 77.1 cm³/mol. The highest BCUT2D eigenvalue weighted by Crippen LogP contribution is 2.13. The van der Waals surface area contributed by atoms with E-state index in [9.17, 15) is 14.7 Å². The van der Waals surface area contributed by atoms with Crippen LogP contribution in [0.5, 0.6) is 0 Å². The molecule has 1 aromatic rings. The summed E-state index contributed by atoms with van der Waals surface area (Å²) in [5, 5.41) is 15.4. The first-order valence-corrected chi connectivity index (χ1v) is 7.14. The minimum absolute atomic E-state index is 0.105. The summed E-state index contributed by atoms with van der Waals surface area (Å²) in [4.78, 5) is 23.0. The maximum atomic E-state index is 11.9. The van der Waals surface area contributed by atoms with Gasteiger partial charge in [0.1, 0.15) is 6.04 Å². The molecule has 1 rings (SSSR count). The number of hydrogen-bond donors (Lipinski definition) is 3. The van der Waals surface area contributed by atoms with Crippen molar-refractivity contribution in [3.63, 3.8) is 0 Å². The lowest BCUT2D eigenvalue weighted by atomic mass is 10.1. The molecule has 0 heterocycles. The van der Waals surface area contributed by atoms with Crippen molar-refractivity contribution in [2.24, 2.45) is 0 Å². The highest BCUT2D eigenvalue weighted by atomic mass is 16.4. The highest BCUT2D eigenvalue weighted by Gasteiger charge is 2.18. The zero-order valence-electron chi connectivity index (χ0n) is 12.6. The van der Waals surface area contributed by atoms with E-state index in [1.54, 1.807) is 5.32 Å². The molecule has 0 fully saturated rings. The third kappa shape index (κ3) is 6.37. The van der Waals surface area contributed by atoms with Gasteiger partial charge in [0.25, 0.3) is 0 Å². The van der Waals surface area contributed by atoms with E-state index >= 15 is 0 Å². The number of hydrogen-bond acceptors (Lipinski definition) is 3. The quantitative estimate of drug-likeness (QED) is 0.479. The van der Waals surface area contributed by atoms with Gasteiger partial charge in [0.15, 0.2) is 0 Å². The Balaban J connectivity index is 2.58. The largest absolute Gasteiger partial charge is 0.544 e. The molecule has 0 aromatic heterocycles. The molecule has 1 amide bonds. The molecule has 6 nitrogen and oxygen atoms in total. The Bertz CT molecular complexity index is 483. The Morgan fingerprint density at radius 3 is 2.43 bits per heavy atom. The first-order chi connectivity index (χ1) is 9.92. The molecular weight excluding hydrogens is 270 g/mol. The average molecular weight is 294 g/mol. The van der Waals surface area contributed by atoms with Gasteiger partial charge in [0.2, 0.25) is 5.91 Å². The van der Waals surface area contributed by atoms with Gasteiger partial charge < -0.3 is 26.3 Å². The lowest BCUT2D eigenvalue weighted by Crippen LogP contribution is -2.93. The maximum Gasteiger partial charge on any atom is 0.230 e. The minimum atomic E-state index is -1.21. The number of rotatable bonds is 8. The molecule has 0 saturated heterocycles. The molecule has 0 saturated carbocycles. The average Bonchev–Trinajstić information content (AvgIpc) is 2.36. The second kappa shape index (κ2) is 8.39. The number of amides is 1. The molecule has 0 aliphatic carbocycles. The van der Waals surface area contributed by atoms with E-state index in [0.29, 0.717) is 12.2 Å². The topological polar surface area (TPSA) is 113 Å². The van der Waals surface area contributed by atoms with Crippen LogP contribution in [-0.4, -0.2) is 31.0 Å². The van der Waals surface area contributed by atoms with Crippen molar-refractivity contribution in [1.82, 2.24) is 0 Å².